The highest BCUT2D eigenvalue weighted by Crippen LogP contribution is 2.51. The lowest BCUT2D eigenvalue weighted by atomic mass is 9.82. The quantitative estimate of drug-likeness (QED) is 0.145. The first-order valence-corrected chi connectivity index (χ1v) is 15.0. The Bertz CT molecular complexity index is 1760. The summed E-state index contributed by atoms with van der Waals surface area (Å²) >= 11 is 0. The first-order chi connectivity index (χ1) is 21.6. The molecule has 3 aromatic rings. The molecule has 0 saturated heterocycles. The van der Waals surface area contributed by atoms with Gasteiger partial charge in [0.15, 0.2) is 11.0 Å². The minimum absolute atomic E-state index is 0.0000625. The van der Waals surface area contributed by atoms with Crippen molar-refractivity contribution in [1.29, 1.82) is 0 Å². The third kappa shape index (κ3) is 6.46. The molecule has 11 heteroatoms. The summed E-state index contributed by atoms with van der Waals surface area (Å²) in [5.74, 6) is -0.687. The van der Waals surface area contributed by atoms with Crippen LogP contribution in [0.15, 0.2) is 75.1 Å². The van der Waals surface area contributed by atoms with Gasteiger partial charge in [-0.1, -0.05) is 31.2 Å². The van der Waals surface area contributed by atoms with Crippen molar-refractivity contribution in [2.24, 2.45) is 5.73 Å². The smallest absolute Gasteiger partial charge is 0.335 e. The topological polar surface area (TPSA) is 177 Å². The average Bonchev–Trinajstić information content (AvgIpc) is 3.02. The maximum Gasteiger partial charge on any atom is 0.335 e. The van der Waals surface area contributed by atoms with Gasteiger partial charge in [-0.3, -0.25) is 4.79 Å². The number of hydrogen-bond donors (Lipinski definition) is 6. The minimum atomic E-state index is -1.12. The van der Waals surface area contributed by atoms with Gasteiger partial charge in [-0.2, -0.15) is 0 Å². The number of esters is 1. The number of hydrogen-bond acceptors (Lipinski definition) is 11. The SMILES string of the molecule is C/C=C(/CNCC)C(=O)O[C@@H]1Cc2c(c(-c3cccc(O)c3)c3oc(CO)cc(=O)c3c2O)O[C@@]1(C)CCC1=CNC(N)C=C1. The Hall–Kier alpha value is -4.58. The molecule has 7 N–H and O–H groups in total. The first-order valence-electron chi connectivity index (χ1n) is 15.0. The van der Waals surface area contributed by atoms with E-state index in [1.807, 2.05) is 32.2 Å². The molecule has 2 aliphatic heterocycles. The van der Waals surface area contributed by atoms with Crippen LogP contribution in [0.2, 0.25) is 0 Å². The molecule has 2 aliphatic rings. The van der Waals surface area contributed by atoms with Gasteiger partial charge in [-0.25, -0.2) is 4.79 Å². The van der Waals surface area contributed by atoms with Crippen LogP contribution in [-0.2, 0) is 22.6 Å². The summed E-state index contributed by atoms with van der Waals surface area (Å²) in [6.07, 6.45) is 7.12. The summed E-state index contributed by atoms with van der Waals surface area (Å²) in [4.78, 5) is 26.7. The van der Waals surface area contributed by atoms with E-state index in [2.05, 4.69) is 10.6 Å². The number of dihydropyridines is 1. The third-order valence-electron chi connectivity index (χ3n) is 8.26. The third-order valence-corrected chi connectivity index (χ3v) is 8.26. The second kappa shape index (κ2) is 13.2. The highest BCUT2D eigenvalue weighted by Gasteiger charge is 2.46. The second-order valence-electron chi connectivity index (χ2n) is 11.4. The van der Waals surface area contributed by atoms with Crippen molar-refractivity contribution in [3.05, 3.63) is 87.5 Å². The summed E-state index contributed by atoms with van der Waals surface area (Å²) in [7, 11) is 0. The normalized spacial score (nSPS) is 21.1. The van der Waals surface area contributed by atoms with Gasteiger partial charge >= 0.3 is 5.97 Å². The molecule has 3 atom stereocenters. The highest BCUT2D eigenvalue weighted by atomic mass is 16.6. The zero-order valence-corrected chi connectivity index (χ0v) is 25.6. The lowest BCUT2D eigenvalue weighted by Crippen LogP contribution is -2.51. The minimum Gasteiger partial charge on any atom is -0.508 e. The lowest BCUT2D eigenvalue weighted by Gasteiger charge is -2.43. The van der Waals surface area contributed by atoms with Gasteiger partial charge in [0.25, 0.3) is 0 Å². The number of phenols is 2. The fourth-order valence-corrected chi connectivity index (χ4v) is 5.68. The second-order valence-corrected chi connectivity index (χ2v) is 11.4. The Morgan fingerprint density at radius 2 is 2.09 bits per heavy atom. The summed E-state index contributed by atoms with van der Waals surface area (Å²) in [5, 5.41) is 37.9. The van der Waals surface area contributed by atoms with E-state index in [9.17, 15) is 24.9 Å². The summed E-state index contributed by atoms with van der Waals surface area (Å²) in [6, 6.07) is 7.48. The van der Waals surface area contributed by atoms with Crippen LogP contribution in [0.25, 0.3) is 22.1 Å². The maximum absolute atomic E-state index is 13.4. The van der Waals surface area contributed by atoms with Crippen molar-refractivity contribution in [2.45, 2.75) is 64.5 Å². The molecule has 238 valence electrons. The van der Waals surface area contributed by atoms with Crippen molar-refractivity contribution >= 4 is 16.9 Å². The Balaban J connectivity index is 1.68. The standard InChI is InChI=1S/C34H39N3O8/c1-4-20(17-36-5-2)33(42)44-26-15-24-30(41)29-25(40)14-23(18-38)43-32(29)28(21-7-6-8-22(39)13-21)31(24)45-34(26,3)12-11-19-9-10-27(35)37-16-19/h4,6-10,13-14,16,26-27,36-39,41H,5,11-12,15,17-18,35H2,1-3H3/b20-4-/t26-,27?,34+/m1/s1. The molecule has 0 bridgehead atoms. The molecule has 45 heavy (non-hydrogen) atoms. The predicted molar refractivity (Wildman–Crippen MR) is 170 cm³/mol. The van der Waals surface area contributed by atoms with Crippen molar-refractivity contribution in [3.63, 3.8) is 0 Å². The first kappa shape index (κ1) is 31.8. The van der Waals surface area contributed by atoms with Gasteiger partial charge in [0.05, 0.1) is 11.7 Å². The molecule has 0 fully saturated rings. The van der Waals surface area contributed by atoms with Crippen LogP contribution in [0.4, 0.5) is 0 Å². The fraction of sp³-hybridized carbons (Fsp3) is 0.353. The van der Waals surface area contributed by atoms with E-state index in [4.69, 9.17) is 19.6 Å². The zero-order valence-electron chi connectivity index (χ0n) is 25.6. The molecule has 0 radical (unpaired) electrons. The van der Waals surface area contributed by atoms with E-state index in [1.54, 1.807) is 25.1 Å². The van der Waals surface area contributed by atoms with Gasteiger partial charge in [0.2, 0.25) is 0 Å². The Kier molecular flexibility index (Phi) is 9.33. The number of aliphatic hydroxyl groups excluding tert-OH is 1. The van der Waals surface area contributed by atoms with Crippen LogP contribution in [0, 0.1) is 0 Å². The Morgan fingerprint density at radius 1 is 1.29 bits per heavy atom. The lowest BCUT2D eigenvalue weighted by molar-refractivity contribution is -0.158. The van der Waals surface area contributed by atoms with E-state index in [0.717, 1.165) is 11.6 Å². The molecular weight excluding hydrogens is 578 g/mol. The van der Waals surface area contributed by atoms with E-state index >= 15 is 0 Å². The van der Waals surface area contributed by atoms with Crippen LogP contribution >= 0.6 is 0 Å². The molecule has 1 unspecified atom stereocenters. The molecular formula is C34H39N3O8. The number of fused-ring (bicyclic) bond motifs is 2. The van der Waals surface area contributed by atoms with Crippen LogP contribution in [0.5, 0.6) is 17.2 Å². The van der Waals surface area contributed by atoms with Gasteiger partial charge in [-0.15, -0.1) is 0 Å². The highest BCUT2D eigenvalue weighted by molar-refractivity contribution is 6.01. The zero-order chi connectivity index (χ0) is 32.3. The molecule has 5 rings (SSSR count). The summed E-state index contributed by atoms with van der Waals surface area (Å²) in [6.45, 7) is 5.99. The Morgan fingerprint density at radius 3 is 2.76 bits per heavy atom. The Labute approximate surface area is 260 Å². The largest absolute Gasteiger partial charge is 0.508 e. The van der Waals surface area contributed by atoms with E-state index in [1.165, 1.54) is 12.1 Å². The van der Waals surface area contributed by atoms with Crippen LogP contribution in [0.1, 0.15) is 44.9 Å². The maximum atomic E-state index is 13.4. The number of aromatic hydroxyl groups is 2. The van der Waals surface area contributed by atoms with Gasteiger partial charge in [0, 0.05) is 36.4 Å². The number of ether oxygens (including phenoxy) is 2. The summed E-state index contributed by atoms with van der Waals surface area (Å²) < 4.78 is 18.9. The van der Waals surface area contributed by atoms with Gasteiger partial charge in [-0.05, 0) is 62.6 Å². The van der Waals surface area contributed by atoms with Crippen LogP contribution in [0.3, 0.4) is 0 Å². The van der Waals surface area contributed by atoms with Gasteiger partial charge < -0.3 is 45.6 Å². The molecule has 0 saturated carbocycles. The number of aliphatic hydroxyl groups is 1. The number of allylic oxidation sites excluding steroid dienone is 3. The van der Waals surface area contributed by atoms with Crippen molar-refractivity contribution in [2.75, 3.05) is 13.1 Å². The van der Waals surface area contributed by atoms with Crippen LogP contribution in [-0.4, -0.2) is 52.2 Å². The van der Waals surface area contributed by atoms with Crippen molar-refractivity contribution < 1.29 is 34.0 Å². The number of carbonyl (C=O) groups is 1. The van der Waals surface area contributed by atoms with Gasteiger partial charge in [0.1, 0.15) is 46.7 Å². The van der Waals surface area contributed by atoms with E-state index in [-0.39, 0.29) is 52.1 Å². The molecule has 1 aromatic heterocycles. The molecule has 0 amide bonds. The van der Waals surface area contributed by atoms with Crippen molar-refractivity contribution in [1.82, 2.24) is 10.6 Å². The molecule has 2 aromatic carbocycles. The van der Waals surface area contributed by atoms with E-state index in [0.29, 0.717) is 42.6 Å². The monoisotopic (exact) mass is 617 g/mol. The average molecular weight is 618 g/mol. The number of carbonyl (C=O) groups excluding carboxylic acids is 1. The number of nitrogens with one attached hydrogen (secondary N) is 2. The van der Waals surface area contributed by atoms with Crippen molar-refractivity contribution in [3.8, 4) is 28.4 Å². The number of phenolic OH excluding ortho intramolecular Hbond substituents is 2. The number of nitrogens with two attached hydrogens (primary N) is 1. The van der Waals surface area contributed by atoms with Crippen LogP contribution < -0.4 is 26.5 Å². The number of likely N-dealkylation sites (N-methyl/N-ethyl adjacent to an activating group) is 1. The summed E-state index contributed by atoms with van der Waals surface area (Å²) in [5.41, 5.74) is 6.70. The molecule has 0 spiro atoms. The number of benzene rings is 2. The number of rotatable bonds is 10. The molecule has 0 aliphatic carbocycles. The molecule has 11 nitrogen and oxygen atoms in total. The fourth-order valence-electron chi connectivity index (χ4n) is 5.68. The molecule has 3 heterocycles. The van der Waals surface area contributed by atoms with E-state index < -0.39 is 29.7 Å². The predicted octanol–water partition coefficient (Wildman–Crippen LogP) is 3.63.